The summed E-state index contributed by atoms with van der Waals surface area (Å²) >= 11 is 3.23. The van der Waals surface area contributed by atoms with Crippen molar-refractivity contribution in [2.75, 3.05) is 5.73 Å². The van der Waals surface area contributed by atoms with Crippen LogP contribution in [0.2, 0.25) is 0 Å². The average Bonchev–Trinajstić information content (AvgIpc) is 2.96. The largest absolute Gasteiger partial charge is 0.448 e. The maximum absolute atomic E-state index is 13.9. The van der Waals surface area contributed by atoms with Crippen LogP contribution in [0.15, 0.2) is 45.5 Å². The molecule has 3 aromatic rings. The number of H-pyrrole nitrogens is 1. The van der Waals surface area contributed by atoms with Gasteiger partial charge in [-0.3, -0.25) is 5.10 Å². The van der Waals surface area contributed by atoms with Crippen molar-refractivity contribution < 1.29 is 8.81 Å². The van der Waals surface area contributed by atoms with Gasteiger partial charge in [0.25, 0.3) is 0 Å². The van der Waals surface area contributed by atoms with Gasteiger partial charge in [-0.25, -0.2) is 4.39 Å². The zero-order valence-electron chi connectivity index (χ0n) is 9.65. The molecule has 1 aromatic carbocycles. The van der Waals surface area contributed by atoms with Crippen LogP contribution < -0.4 is 5.73 Å². The number of nitrogens with zero attached hydrogens (tertiary/aromatic N) is 1. The van der Waals surface area contributed by atoms with Crippen molar-refractivity contribution in [2.45, 2.75) is 0 Å². The maximum Gasteiger partial charge on any atom is 0.169 e. The van der Waals surface area contributed by atoms with Crippen molar-refractivity contribution in [1.82, 2.24) is 10.2 Å². The molecule has 0 radical (unpaired) electrons. The summed E-state index contributed by atoms with van der Waals surface area (Å²) in [5.41, 5.74) is 7.26. The highest BCUT2D eigenvalue weighted by atomic mass is 79.9. The summed E-state index contributed by atoms with van der Waals surface area (Å²) in [5.74, 6) is 0.407. The van der Waals surface area contributed by atoms with Crippen molar-refractivity contribution in [1.29, 1.82) is 0 Å². The maximum atomic E-state index is 13.9. The molecule has 96 valence electrons. The number of rotatable bonds is 2. The van der Waals surface area contributed by atoms with Gasteiger partial charge in [0.2, 0.25) is 0 Å². The van der Waals surface area contributed by atoms with Gasteiger partial charge in [-0.2, -0.15) is 5.10 Å². The zero-order chi connectivity index (χ0) is 13.4. The lowest BCUT2D eigenvalue weighted by atomic mass is 10.0. The monoisotopic (exact) mass is 321 g/mol. The van der Waals surface area contributed by atoms with E-state index in [1.807, 2.05) is 0 Å². The Balaban J connectivity index is 2.22. The molecule has 0 aliphatic rings. The van der Waals surface area contributed by atoms with Gasteiger partial charge >= 0.3 is 0 Å². The molecule has 0 bridgehead atoms. The van der Waals surface area contributed by atoms with Crippen LogP contribution in [-0.4, -0.2) is 10.2 Å². The van der Waals surface area contributed by atoms with E-state index in [4.69, 9.17) is 10.2 Å². The van der Waals surface area contributed by atoms with Gasteiger partial charge in [-0.15, -0.1) is 0 Å². The van der Waals surface area contributed by atoms with Crippen LogP contribution in [0.1, 0.15) is 0 Å². The molecule has 6 heteroatoms. The molecule has 0 unspecified atom stereocenters. The highest BCUT2D eigenvalue weighted by Crippen LogP contribution is 2.37. The number of nitrogens with one attached hydrogen (secondary N) is 1. The van der Waals surface area contributed by atoms with Crippen molar-refractivity contribution in [3.63, 3.8) is 0 Å². The molecule has 0 saturated heterocycles. The number of hydrogen-bond donors (Lipinski definition) is 2. The number of nitrogens with two attached hydrogens (primary N) is 1. The quantitative estimate of drug-likeness (QED) is 0.754. The molecule has 3 rings (SSSR count). The van der Waals surface area contributed by atoms with E-state index in [0.717, 1.165) is 0 Å². The predicted molar refractivity (Wildman–Crippen MR) is 73.8 cm³/mol. The first-order chi connectivity index (χ1) is 9.16. The Morgan fingerprint density at radius 2 is 2.00 bits per heavy atom. The number of nitrogen functional groups attached to an aromatic ring is 1. The first-order valence-electron chi connectivity index (χ1n) is 5.51. The van der Waals surface area contributed by atoms with Crippen molar-refractivity contribution in [3.8, 4) is 22.6 Å². The molecule has 0 fully saturated rings. The standard InChI is InChI=1S/C13H9BrFN3O/c14-10-6-5-9(19-10)12-11(13(16)18-17-12)7-3-1-2-4-8(7)15/h1-6H,(H3,16,17,18). The van der Waals surface area contributed by atoms with Crippen molar-refractivity contribution in [3.05, 3.63) is 46.9 Å². The Morgan fingerprint density at radius 3 is 2.68 bits per heavy atom. The molecule has 3 N–H and O–H groups in total. The number of aromatic amines is 1. The van der Waals surface area contributed by atoms with Gasteiger partial charge in [-0.05, 0) is 34.1 Å². The minimum Gasteiger partial charge on any atom is -0.448 e. The lowest BCUT2D eigenvalue weighted by Crippen LogP contribution is -1.91. The van der Waals surface area contributed by atoms with Gasteiger partial charge in [0.1, 0.15) is 11.5 Å². The summed E-state index contributed by atoms with van der Waals surface area (Å²) in [7, 11) is 0. The Labute approximate surface area is 116 Å². The second-order valence-corrected chi connectivity index (χ2v) is 4.72. The number of halogens is 2. The Morgan fingerprint density at radius 1 is 1.21 bits per heavy atom. The van der Waals surface area contributed by atoms with Crippen molar-refractivity contribution >= 4 is 21.7 Å². The Bertz CT molecular complexity index is 735. The molecule has 0 amide bonds. The summed E-state index contributed by atoms with van der Waals surface area (Å²) in [6.45, 7) is 0. The number of benzene rings is 1. The van der Waals surface area contributed by atoms with E-state index in [-0.39, 0.29) is 11.6 Å². The Hall–Kier alpha value is -2.08. The van der Waals surface area contributed by atoms with Gasteiger partial charge in [-0.1, -0.05) is 18.2 Å². The normalized spacial score (nSPS) is 10.8. The third kappa shape index (κ3) is 2.04. The predicted octanol–water partition coefficient (Wildman–Crippen LogP) is 3.82. The fourth-order valence-corrected chi connectivity index (χ4v) is 2.23. The topological polar surface area (TPSA) is 67.8 Å². The van der Waals surface area contributed by atoms with Crippen LogP contribution in [0.25, 0.3) is 22.6 Å². The number of hydrogen-bond acceptors (Lipinski definition) is 3. The van der Waals surface area contributed by atoms with Crippen LogP contribution in [0.3, 0.4) is 0 Å². The van der Waals surface area contributed by atoms with Gasteiger partial charge < -0.3 is 10.2 Å². The minimum atomic E-state index is -0.359. The summed E-state index contributed by atoms with van der Waals surface area (Å²) in [6.07, 6.45) is 0. The fraction of sp³-hybridized carbons (Fsp3) is 0. The van der Waals surface area contributed by atoms with Crippen LogP contribution in [0, 0.1) is 5.82 Å². The summed E-state index contributed by atoms with van der Waals surface area (Å²) in [4.78, 5) is 0. The van der Waals surface area contributed by atoms with E-state index >= 15 is 0 Å². The van der Waals surface area contributed by atoms with E-state index in [2.05, 4.69) is 26.1 Å². The average molecular weight is 322 g/mol. The highest BCUT2D eigenvalue weighted by molar-refractivity contribution is 9.10. The zero-order valence-corrected chi connectivity index (χ0v) is 11.2. The van der Waals surface area contributed by atoms with Crippen LogP contribution in [0.4, 0.5) is 10.2 Å². The second kappa shape index (κ2) is 4.55. The van der Waals surface area contributed by atoms with E-state index < -0.39 is 0 Å². The molecule has 0 atom stereocenters. The number of anilines is 1. The molecule has 4 nitrogen and oxygen atoms in total. The molecular formula is C13H9BrFN3O. The van der Waals surface area contributed by atoms with Crippen LogP contribution in [-0.2, 0) is 0 Å². The smallest absolute Gasteiger partial charge is 0.169 e. The second-order valence-electron chi connectivity index (χ2n) is 3.94. The van der Waals surface area contributed by atoms with Crippen molar-refractivity contribution in [2.24, 2.45) is 0 Å². The molecule has 0 aliphatic heterocycles. The van der Waals surface area contributed by atoms with Crippen LogP contribution in [0.5, 0.6) is 0 Å². The lowest BCUT2D eigenvalue weighted by molar-refractivity contribution is 0.553. The van der Waals surface area contributed by atoms with E-state index in [0.29, 0.717) is 27.3 Å². The SMILES string of the molecule is Nc1n[nH]c(-c2ccc(Br)o2)c1-c1ccccc1F. The minimum absolute atomic E-state index is 0.229. The third-order valence-corrected chi connectivity index (χ3v) is 3.18. The van der Waals surface area contributed by atoms with Gasteiger partial charge in [0, 0.05) is 5.56 Å². The molecule has 2 aromatic heterocycles. The van der Waals surface area contributed by atoms with E-state index in [9.17, 15) is 4.39 Å². The lowest BCUT2D eigenvalue weighted by Gasteiger charge is -2.03. The first-order valence-corrected chi connectivity index (χ1v) is 6.30. The molecule has 0 saturated carbocycles. The van der Waals surface area contributed by atoms with Gasteiger partial charge in [0.15, 0.2) is 16.2 Å². The van der Waals surface area contributed by atoms with E-state index in [1.54, 1.807) is 30.3 Å². The van der Waals surface area contributed by atoms with Crippen LogP contribution >= 0.6 is 15.9 Å². The highest BCUT2D eigenvalue weighted by Gasteiger charge is 2.19. The number of furan rings is 1. The first kappa shape index (κ1) is 12.0. The Kier molecular flexibility index (Phi) is 2.87. The molecular weight excluding hydrogens is 313 g/mol. The molecule has 0 spiro atoms. The molecule has 19 heavy (non-hydrogen) atoms. The van der Waals surface area contributed by atoms with Gasteiger partial charge in [0.05, 0.1) is 5.56 Å². The van der Waals surface area contributed by atoms with E-state index in [1.165, 1.54) is 6.07 Å². The summed E-state index contributed by atoms with van der Waals surface area (Å²) in [6, 6.07) is 9.89. The fourth-order valence-electron chi connectivity index (χ4n) is 1.92. The molecule has 0 aliphatic carbocycles. The summed E-state index contributed by atoms with van der Waals surface area (Å²) < 4.78 is 19.9. The third-order valence-electron chi connectivity index (χ3n) is 2.76. The molecule has 2 heterocycles. The summed E-state index contributed by atoms with van der Waals surface area (Å²) in [5, 5.41) is 6.70. The number of aromatic nitrogens is 2.